The second kappa shape index (κ2) is 6.09. The van der Waals surface area contributed by atoms with Crippen LogP contribution < -0.4 is 10.6 Å². The van der Waals surface area contributed by atoms with Gasteiger partial charge < -0.3 is 15.4 Å². The number of hydrogen-bond acceptors (Lipinski definition) is 2. The Bertz CT molecular complexity index is 229. The molecule has 1 aliphatic carbocycles. The van der Waals surface area contributed by atoms with Crippen molar-refractivity contribution in [1.29, 1.82) is 0 Å². The molecule has 4 nitrogen and oxygen atoms in total. The minimum absolute atomic E-state index is 0.0384. The Kier molecular flexibility index (Phi) is 5.06. The lowest BCUT2D eigenvalue weighted by molar-refractivity contribution is 0.129. The smallest absolute Gasteiger partial charge is 0.191 e. The van der Waals surface area contributed by atoms with Crippen LogP contribution in [0, 0.1) is 5.92 Å². The van der Waals surface area contributed by atoms with Gasteiger partial charge in [0.25, 0.3) is 0 Å². The van der Waals surface area contributed by atoms with Gasteiger partial charge in [0.05, 0.1) is 6.61 Å². The van der Waals surface area contributed by atoms with E-state index in [1.807, 2.05) is 0 Å². The molecule has 1 saturated carbocycles. The van der Waals surface area contributed by atoms with E-state index in [4.69, 9.17) is 4.74 Å². The largest absolute Gasteiger partial charge is 0.379 e. The third kappa shape index (κ3) is 6.67. The van der Waals surface area contributed by atoms with E-state index >= 15 is 0 Å². The van der Waals surface area contributed by atoms with Crippen molar-refractivity contribution >= 4 is 5.96 Å². The van der Waals surface area contributed by atoms with Crippen molar-refractivity contribution < 1.29 is 4.74 Å². The molecule has 1 aliphatic rings. The van der Waals surface area contributed by atoms with E-state index in [1.165, 1.54) is 12.8 Å². The Morgan fingerprint density at radius 1 is 1.38 bits per heavy atom. The molecule has 0 bridgehead atoms. The van der Waals surface area contributed by atoms with Gasteiger partial charge in [0.1, 0.15) is 0 Å². The van der Waals surface area contributed by atoms with Crippen molar-refractivity contribution in [3.05, 3.63) is 0 Å². The first-order valence-electron chi connectivity index (χ1n) is 6.08. The van der Waals surface area contributed by atoms with E-state index in [0.29, 0.717) is 0 Å². The first-order valence-corrected chi connectivity index (χ1v) is 6.08. The van der Waals surface area contributed by atoms with Crippen LogP contribution in [0.25, 0.3) is 0 Å². The summed E-state index contributed by atoms with van der Waals surface area (Å²) in [5, 5.41) is 6.54. The molecule has 0 aromatic rings. The molecule has 0 atom stereocenters. The Labute approximate surface area is 98.9 Å². The lowest BCUT2D eigenvalue weighted by Crippen LogP contribution is -2.48. The molecule has 16 heavy (non-hydrogen) atoms. The summed E-state index contributed by atoms with van der Waals surface area (Å²) in [7, 11) is 1.78. The van der Waals surface area contributed by atoms with Gasteiger partial charge in [-0.25, -0.2) is 0 Å². The summed E-state index contributed by atoms with van der Waals surface area (Å²) in [5.74, 6) is 1.68. The average molecular weight is 227 g/mol. The maximum atomic E-state index is 5.54. The maximum absolute atomic E-state index is 5.54. The highest BCUT2D eigenvalue weighted by Crippen LogP contribution is 2.28. The van der Waals surface area contributed by atoms with Crippen LogP contribution in [0.5, 0.6) is 0 Å². The molecule has 0 aliphatic heterocycles. The van der Waals surface area contributed by atoms with E-state index in [2.05, 4.69) is 36.4 Å². The first kappa shape index (κ1) is 13.3. The molecular weight excluding hydrogens is 202 g/mol. The van der Waals surface area contributed by atoms with Gasteiger partial charge in [-0.2, -0.15) is 0 Å². The number of guanidine groups is 1. The van der Waals surface area contributed by atoms with Crippen molar-refractivity contribution in [1.82, 2.24) is 10.6 Å². The van der Waals surface area contributed by atoms with Crippen LogP contribution in [0.2, 0.25) is 0 Å². The van der Waals surface area contributed by atoms with Gasteiger partial charge in [-0.3, -0.25) is 4.99 Å². The Hall–Kier alpha value is -0.770. The molecule has 0 spiro atoms. The molecule has 2 N–H and O–H groups in total. The van der Waals surface area contributed by atoms with Crippen LogP contribution in [-0.4, -0.2) is 38.3 Å². The summed E-state index contributed by atoms with van der Waals surface area (Å²) < 4.78 is 5.54. The fraction of sp³-hybridized carbons (Fsp3) is 0.917. The Morgan fingerprint density at radius 3 is 2.56 bits per heavy atom. The molecule has 0 aromatic carbocycles. The zero-order valence-electron chi connectivity index (χ0n) is 11.0. The molecule has 1 rings (SSSR count). The number of nitrogens with zero attached hydrogens (tertiary/aromatic N) is 1. The van der Waals surface area contributed by atoms with Gasteiger partial charge in [-0.05, 0) is 39.5 Å². The molecule has 0 saturated heterocycles. The lowest BCUT2D eigenvalue weighted by atomic mass is 10.1. The molecule has 0 unspecified atom stereocenters. The minimum atomic E-state index is 0.0384. The summed E-state index contributed by atoms with van der Waals surface area (Å²) >= 11 is 0. The monoisotopic (exact) mass is 227 g/mol. The van der Waals surface area contributed by atoms with Gasteiger partial charge in [0, 0.05) is 25.7 Å². The number of hydrogen-bond donors (Lipinski definition) is 2. The minimum Gasteiger partial charge on any atom is -0.379 e. The molecule has 1 fully saturated rings. The van der Waals surface area contributed by atoms with Gasteiger partial charge >= 0.3 is 0 Å². The first-order chi connectivity index (χ1) is 7.51. The lowest BCUT2D eigenvalue weighted by Gasteiger charge is -2.23. The van der Waals surface area contributed by atoms with Crippen LogP contribution in [0.15, 0.2) is 4.99 Å². The zero-order chi connectivity index (χ0) is 12.0. The topological polar surface area (TPSA) is 45.7 Å². The molecular formula is C12H25N3O. The number of rotatable bonds is 5. The summed E-state index contributed by atoms with van der Waals surface area (Å²) in [4.78, 5) is 4.16. The molecule has 4 heteroatoms. The average Bonchev–Trinajstić information content (AvgIpc) is 2.97. The Balaban J connectivity index is 2.04. The van der Waals surface area contributed by atoms with Crippen molar-refractivity contribution in [3.63, 3.8) is 0 Å². The van der Waals surface area contributed by atoms with Gasteiger partial charge in [0.2, 0.25) is 0 Å². The standard InChI is InChI=1S/C12H25N3O/c1-12(2,3)15-11(13-4)14-7-8-16-9-10-5-6-10/h10H,5-9H2,1-4H3,(H2,13,14,15). The molecule has 0 radical (unpaired) electrons. The van der Waals surface area contributed by atoms with E-state index in [1.54, 1.807) is 7.05 Å². The summed E-state index contributed by atoms with van der Waals surface area (Å²) in [5.41, 5.74) is 0.0384. The third-order valence-electron chi connectivity index (χ3n) is 2.31. The molecule has 0 amide bonds. The molecule has 94 valence electrons. The van der Waals surface area contributed by atoms with Crippen molar-refractivity contribution in [2.24, 2.45) is 10.9 Å². The zero-order valence-corrected chi connectivity index (χ0v) is 11.0. The molecule has 0 heterocycles. The fourth-order valence-electron chi connectivity index (χ4n) is 1.31. The van der Waals surface area contributed by atoms with E-state index in [9.17, 15) is 0 Å². The highest BCUT2D eigenvalue weighted by atomic mass is 16.5. The summed E-state index contributed by atoms with van der Waals surface area (Å²) in [6.45, 7) is 8.83. The Morgan fingerprint density at radius 2 is 2.06 bits per heavy atom. The van der Waals surface area contributed by atoms with Crippen LogP contribution in [0.1, 0.15) is 33.6 Å². The van der Waals surface area contributed by atoms with Crippen LogP contribution in [-0.2, 0) is 4.74 Å². The normalized spacial score (nSPS) is 17.4. The highest BCUT2D eigenvalue weighted by Gasteiger charge is 2.20. The van der Waals surface area contributed by atoms with Gasteiger partial charge in [0.15, 0.2) is 5.96 Å². The van der Waals surface area contributed by atoms with Gasteiger partial charge in [-0.1, -0.05) is 0 Å². The summed E-state index contributed by atoms with van der Waals surface area (Å²) in [6.07, 6.45) is 2.70. The second-order valence-electron chi connectivity index (χ2n) is 5.39. The number of nitrogens with one attached hydrogen (secondary N) is 2. The third-order valence-corrected chi connectivity index (χ3v) is 2.31. The molecule has 0 aromatic heterocycles. The number of ether oxygens (including phenoxy) is 1. The predicted octanol–water partition coefficient (Wildman–Crippen LogP) is 1.38. The van der Waals surface area contributed by atoms with Crippen molar-refractivity contribution in [2.45, 2.75) is 39.2 Å². The van der Waals surface area contributed by atoms with Gasteiger partial charge in [-0.15, -0.1) is 0 Å². The van der Waals surface area contributed by atoms with Crippen molar-refractivity contribution in [2.75, 3.05) is 26.8 Å². The SMILES string of the molecule is CN=C(NCCOCC1CC1)NC(C)(C)C. The quantitative estimate of drug-likeness (QED) is 0.424. The summed E-state index contributed by atoms with van der Waals surface area (Å²) in [6, 6.07) is 0. The van der Waals surface area contributed by atoms with E-state index in [0.717, 1.165) is 31.6 Å². The highest BCUT2D eigenvalue weighted by molar-refractivity contribution is 5.80. The maximum Gasteiger partial charge on any atom is 0.191 e. The second-order valence-corrected chi connectivity index (χ2v) is 5.39. The predicted molar refractivity (Wildman–Crippen MR) is 67.8 cm³/mol. The van der Waals surface area contributed by atoms with Crippen molar-refractivity contribution in [3.8, 4) is 0 Å². The number of aliphatic imine (C=N–C) groups is 1. The van der Waals surface area contributed by atoms with Crippen LogP contribution in [0.3, 0.4) is 0 Å². The van der Waals surface area contributed by atoms with E-state index in [-0.39, 0.29) is 5.54 Å². The fourth-order valence-corrected chi connectivity index (χ4v) is 1.31. The van der Waals surface area contributed by atoms with Crippen LogP contribution in [0.4, 0.5) is 0 Å². The van der Waals surface area contributed by atoms with E-state index < -0.39 is 0 Å². The van der Waals surface area contributed by atoms with Crippen LogP contribution >= 0.6 is 0 Å².